The van der Waals surface area contributed by atoms with Crippen molar-refractivity contribution in [2.45, 2.75) is 56.8 Å². The molecule has 1 saturated heterocycles. The predicted octanol–water partition coefficient (Wildman–Crippen LogP) is 3.94. The second kappa shape index (κ2) is 12.5. The van der Waals surface area contributed by atoms with Crippen molar-refractivity contribution in [2.75, 3.05) is 40.8 Å². The molecule has 174 valence electrons. The summed E-state index contributed by atoms with van der Waals surface area (Å²) in [7, 11) is 5.31. The fourth-order valence-electron chi connectivity index (χ4n) is 5.03. The molecule has 1 aliphatic heterocycles. The Morgan fingerprint density at radius 3 is 2.35 bits per heavy atom. The molecule has 0 atom stereocenters. The van der Waals surface area contributed by atoms with Gasteiger partial charge in [-0.2, -0.15) is 0 Å². The van der Waals surface area contributed by atoms with Crippen LogP contribution in [-0.4, -0.2) is 57.6 Å². The van der Waals surface area contributed by atoms with Gasteiger partial charge in [0.1, 0.15) is 5.75 Å². The van der Waals surface area contributed by atoms with Crippen LogP contribution in [0.1, 0.15) is 56.9 Å². The lowest BCUT2D eigenvalue weighted by Crippen LogP contribution is -2.50. The van der Waals surface area contributed by atoms with E-state index in [-0.39, 0.29) is 35.3 Å². The molecule has 0 spiro atoms. The Morgan fingerprint density at radius 2 is 1.81 bits per heavy atom. The van der Waals surface area contributed by atoms with Gasteiger partial charge in [0, 0.05) is 45.6 Å². The van der Waals surface area contributed by atoms with Gasteiger partial charge >= 0.3 is 0 Å². The minimum absolute atomic E-state index is 0. The summed E-state index contributed by atoms with van der Waals surface area (Å²) in [5, 5.41) is 6.45. The van der Waals surface area contributed by atoms with Gasteiger partial charge in [-0.05, 0) is 49.3 Å². The highest BCUT2D eigenvalue weighted by atomic mass is 127. The summed E-state index contributed by atoms with van der Waals surface area (Å²) < 4.78 is 5.36. The molecule has 1 aliphatic carbocycles. The third-order valence-electron chi connectivity index (χ3n) is 6.98. The molecule has 0 bridgehead atoms. The number of carbonyl (C=O) groups excluding carboxylic acids is 1. The van der Waals surface area contributed by atoms with E-state index in [4.69, 9.17) is 4.74 Å². The molecule has 1 aromatic rings. The number of guanidine groups is 1. The van der Waals surface area contributed by atoms with Crippen molar-refractivity contribution < 1.29 is 9.53 Å². The largest absolute Gasteiger partial charge is 0.497 e. The smallest absolute Gasteiger partial charge is 0.220 e. The number of ether oxygens (including phenoxy) is 1. The van der Waals surface area contributed by atoms with Crippen molar-refractivity contribution in [3.63, 3.8) is 0 Å². The van der Waals surface area contributed by atoms with Crippen LogP contribution in [-0.2, 0) is 10.2 Å². The van der Waals surface area contributed by atoms with Gasteiger partial charge in [-0.15, -0.1) is 24.0 Å². The molecule has 0 aromatic heterocycles. The standard InChI is InChI=1S/C24H38N4O2.HI/c1-25-22(29)17-19-11-15-28(16-12-19)23(26-2)27-18-24(13-5-4-6-14-24)20-7-9-21(30-3)10-8-20;/h7-10,19H,4-6,11-18H2,1-3H3,(H,25,29)(H,26,27);1H. The topological polar surface area (TPSA) is 66.0 Å². The molecule has 0 radical (unpaired) electrons. The number of likely N-dealkylation sites (tertiary alicyclic amines) is 1. The number of hydrogen-bond donors (Lipinski definition) is 2. The highest BCUT2D eigenvalue weighted by molar-refractivity contribution is 14.0. The average molecular weight is 543 g/mol. The number of nitrogens with zero attached hydrogens (tertiary/aromatic N) is 2. The third-order valence-corrected chi connectivity index (χ3v) is 6.98. The van der Waals surface area contributed by atoms with Crippen molar-refractivity contribution in [1.82, 2.24) is 15.5 Å². The molecule has 2 N–H and O–H groups in total. The normalized spacial score (nSPS) is 19.3. The summed E-state index contributed by atoms with van der Waals surface area (Å²) in [5.74, 6) is 2.53. The summed E-state index contributed by atoms with van der Waals surface area (Å²) >= 11 is 0. The van der Waals surface area contributed by atoms with Crippen LogP contribution in [0, 0.1) is 5.92 Å². The lowest BCUT2D eigenvalue weighted by Gasteiger charge is -2.40. The van der Waals surface area contributed by atoms with Crippen LogP contribution in [0.5, 0.6) is 5.75 Å². The van der Waals surface area contributed by atoms with E-state index in [1.165, 1.54) is 37.7 Å². The molecule has 0 unspecified atom stereocenters. The third kappa shape index (κ3) is 6.73. The zero-order chi connectivity index (χ0) is 21.4. The van der Waals surface area contributed by atoms with E-state index < -0.39 is 0 Å². The van der Waals surface area contributed by atoms with Gasteiger partial charge in [-0.3, -0.25) is 9.79 Å². The number of benzene rings is 1. The molecule has 7 heteroatoms. The number of hydrogen-bond acceptors (Lipinski definition) is 3. The van der Waals surface area contributed by atoms with E-state index in [0.717, 1.165) is 44.2 Å². The molecule has 6 nitrogen and oxygen atoms in total. The van der Waals surface area contributed by atoms with Crippen molar-refractivity contribution >= 4 is 35.8 Å². The predicted molar refractivity (Wildman–Crippen MR) is 138 cm³/mol. The number of halogens is 1. The minimum atomic E-state index is 0. The molecule has 31 heavy (non-hydrogen) atoms. The van der Waals surface area contributed by atoms with Gasteiger partial charge in [0.05, 0.1) is 7.11 Å². The number of carbonyl (C=O) groups is 1. The van der Waals surface area contributed by atoms with Crippen LogP contribution in [0.2, 0.25) is 0 Å². The Kier molecular flexibility index (Phi) is 10.4. The number of rotatable bonds is 6. The summed E-state index contributed by atoms with van der Waals surface area (Å²) in [6.07, 6.45) is 9.00. The number of piperidine rings is 1. The van der Waals surface area contributed by atoms with Crippen molar-refractivity contribution in [2.24, 2.45) is 10.9 Å². The second-order valence-corrected chi connectivity index (χ2v) is 8.78. The quantitative estimate of drug-likeness (QED) is 0.325. The zero-order valence-electron chi connectivity index (χ0n) is 19.3. The van der Waals surface area contributed by atoms with Crippen LogP contribution in [0.25, 0.3) is 0 Å². The molecular weight excluding hydrogens is 503 g/mol. The molecular formula is C24H39IN4O2. The van der Waals surface area contributed by atoms with Crippen molar-refractivity contribution in [1.29, 1.82) is 0 Å². The first-order chi connectivity index (χ1) is 14.6. The van der Waals surface area contributed by atoms with Gasteiger partial charge in [0.15, 0.2) is 5.96 Å². The number of nitrogens with one attached hydrogen (secondary N) is 2. The van der Waals surface area contributed by atoms with E-state index in [1.807, 2.05) is 7.05 Å². The van der Waals surface area contributed by atoms with E-state index in [2.05, 4.69) is 44.8 Å². The number of methoxy groups -OCH3 is 1. The second-order valence-electron chi connectivity index (χ2n) is 8.78. The summed E-state index contributed by atoms with van der Waals surface area (Å²) in [6, 6.07) is 8.63. The molecule has 1 saturated carbocycles. The fraction of sp³-hybridized carbons (Fsp3) is 0.667. The van der Waals surface area contributed by atoms with Crippen LogP contribution in [0.4, 0.5) is 0 Å². The number of amides is 1. The first-order valence-electron chi connectivity index (χ1n) is 11.4. The summed E-state index contributed by atoms with van der Waals surface area (Å²) in [4.78, 5) is 18.6. The molecule has 3 rings (SSSR count). The summed E-state index contributed by atoms with van der Waals surface area (Å²) in [5.41, 5.74) is 1.55. The van der Waals surface area contributed by atoms with Crippen LogP contribution in [0.3, 0.4) is 0 Å². The Morgan fingerprint density at radius 1 is 1.16 bits per heavy atom. The van der Waals surface area contributed by atoms with E-state index in [1.54, 1.807) is 14.2 Å². The van der Waals surface area contributed by atoms with Crippen LogP contribution in [0.15, 0.2) is 29.3 Å². The fourth-order valence-corrected chi connectivity index (χ4v) is 5.03. The van der Waals surface area contributed by atoms with Gasteiger partial charge in [-0.25, -0.2) is 0 Å². The SMILES string of the molecule is CN=C(NCC1(c2ccc(OC)cc2)CCCCC1)N1CCC(CC(=O)NC)CC1.I. The van der Waals surface area contributed by atoms with Crippen molar-refractivity contribution in [3.05, 3.63) is 29.8 Å². The molecule has 2 fully saturated rings. The average Bonchev–Trinajstić information content (AvgIpc) is 2.81. The van der Waals surface area contributed by atoms with Gasteiger partial charge < -0.3 is 20.3 Å². The highest BCUT2D eigenvalue weighted by Gasteiger charge is 2.34. The maximum atomic E-state index is 11.7. The lowest BCUT2D eigenvalue weighted by molar-refractivity contribution is -0.121. The Balaban J connectivity index is 0.00000341. The Labute approximate surface area is 204 Å². The molecule has 1 aromatic carbocycles. The Bertz CT molecular complexity index is 709. The van der Waals surface area contributed by atoms with Gasteiger partial charge in [0.2, 0.25) is 5.91 Å². The Hall–Kier alpha value is -1.51. The zero-order valence-corrected chi connectivity index (χ0v) is 21.6. The van der Waals surface area contributed by atoms with Crippen molar-refractivity contribution in [3.8, 4) is 5.75 Å². The van der Waals surface area contributed by atoms with Crippen LogP contribution >= 0.6 is 24.0 Å². The first-order valence-corrected chi connectivity index (χ1v) is 11.4. The maximum absolute atomic E-state index is 11.7. The van der Waals surface area contributed by atoms with E-state index in [0.29, 0.717) is 12.3 Å². The van der Waals surface area contributed by atoms with Crippen LogP contribution < -0.4 is 15.4 Å². The molecule has 1 heterocycles. The minimum Gasteiger partial charge on any atom is -0.497 e. The van der Waals surface area contributed by atoms with E-state index >= 15 is 0 Å². The number of aliphatic imine (C=N–C) groups is 1. The van der Waals surface area contributed by atoms with Gasteiger partial charge in [0.25, 0.3) is 0 Å². The monoisotopic (exact) mass is 542 g/mol. The van der Waals surface area contributed by atoms with E-state index in [9.17, 15) is 4.79 Å². The summed E-state index contributed by atoms with van der Waals surface area (Å²) in [6.45, 7) is 2.82. The maximum Gasteiger partial charge on any atom is 0.220 e. The lowest BCUT2D eigenvalue weighted by atomic mass is 9.69. The molecule has 1 amide bonds. The first kappa shape index (κ1) is 25.7. The highest BCUT2D eigenvalue weighted by Crippen LogP contribution is 2.39. The molecule has 2 aliphatic rings. The van der Waals surface area contributed by atoms with Gasteiger partial charge in [-0.1, -0.05) is 31.4 Å².